The second-order valence-corrected chi connectivity index (χ2v) is 7.25. The second kappa shape index (κ2) is 19.0. The van der Waals surface area contributed by atoms with E-state index in [0.29, 0.717) is 13.0 Å². The number of unbranched alkanes of at least 4 members (excludes halogenated alkanes) is 8. The molecule has 0 aliphatic rings. The summed E-state index contributed by atoms with van der Waals surface area (Å²) in [5.74, 6) is -0.850. The number of allylic oxidation sites excluding steroid dienone is 1. The van der Waals surface area contributed by atoms with E-state index in [1.165, 1.54) is 25.7 Å². The van der Waals surface area contributed by atoms with Crippen molar-refractivity contribution in [1.82, 2.24) is 0 Å². The minimum atomic E-state index is -1.09. The minimum absolute atomic E-state index is 0.130. The number of carbonyl (C=O) groups excluding carboxylic acids is 2. The summed E-state index contributed by atoms with van der Waals surface area (Å²) in [7, 11) is 0. The molecule has 1 N–H and O–H groups in total. The topological polar surface area (TPSA) is 72.8 Å². The lowest BCUT2D eigenvalue weighted by Crippen LogP contribution is -2.30. The van der Waals surface area contributed by atoms with Crippen molar-refractivity contribution in [2.45, 2.75) is 104 Å². The molecule has 0 aromatic carbocycles. The van der Waals surface area contributed by atoms with E-state index in [-0.39, 0.29) is 18.5 Å². The molecule has 0 spiro atoms. The zero-order chi connectivity index (χ0) is 21.0. The highest BCUT2D eigenvalue weighted by Crippen LogP contribution is 2.19. The Labute approximate surface area is 171 Å². The molecule has 28 heavy (non-hydrogen) atoms. The summed E-state index contributed by atoms with van der Waals surface area (Å²) >= 11 is 0. The number of rotatable bonds is 18. The highest BCUT2D eigenvalue weighted by Gasteiger charge is 2.24. The molecule has 0 amide bonds. The first-order valence-electron chi connectivity index (χ1n) is 11.2. The molecule has 5 heteroatoms. The Kier molecular flexibility index (Phi) is 18.1. The summed E-state index contributed by atoms with van der Waals surface area (Å²) < 4.78 is 9.89. The van der Waals surface area contributed by atoms with Gasteiger partial charge in [-0.1, -0.05) is 64.0 Å². The third kappa shape index (κ3) is 14.7. The summed E-state index contributed by atoms with van der Waals surface area (Å²) in [4.78, 5) is 23.2. The van der Waals surface area contributed by atoms with Gasteiger partial charge >= 0.3 is 11.9 Å². The van der Waals surface area contributed by atoms with Crippen LogP contribution in [0.15, 0.2) is 12.2 Å². The zero-order valence-electron chi connectivity index (χ0n) is 18.3. The zero-order valence-corrected chi connectivity index (χ0v) is 18.3. The molecule has 0 rings (SSSR count). The highest BCUT2D eigenvalue weighted by molar-refractivity contribution is 5.75. The van der Waals surface area contributed by atoms with Crippen LogP contribution in [0.25, 0.3) is 0 Å². The molecule has 5 nitrogen and oxygen atoms in total. The largest absolute Gasteiger partial charge is 0.466 e. The Morgan fingerprint density at radius 3 is 2.18 bits per heavy atom. The van der Waals surface area contributed by atoms with Gasteiger partial charge in [0.25, 0.3) is 0 Å². The molecule has 0 radical (unpaired) electrons. The van der Waals surface area contributed by atoms with Crippen LogP contribution in [0.3, 0.4) is 0 Å². The molecule has 0 aromatic heterocycles. The Hall–Kier alpha value is -1.36. The molecule has 0 aromatic rings. The van der Waals surface area contributed by atoms with Gasteiger partial charge in [0.15, 0.2) is 6.10 Å². The molecule has 2 atom stereocenters. The molecule has 0 aliphatic heterocycles. The quantitative estimate of drug-likeness (QED) is 0.191. The molecular formula is C23H42O5. The van der Waals surface area contributed by atoms with Crippen LogP contribution < -0.4 is 0 Å². The number of esters is 2. The third-order valence-electron chi connectivity index (χ3n) is 4.76. The highest BCUT2D eigenvalue weighted by atomic mass is 16.5. The fraction of sp³-hybridized carbons (Fsp3) is 0.826. The smallest absolute Gasteiger partial charge is 0.335 e. The second-order valence-electron chi connectivity index (χ2n) is 7.25. The SMILES string of the molecule is CCCCCCCCC(/C=C/CCCCCC(=O)OCC)C(O)C(=O)OCC. The van der Waals surface area contributed by atoms with Crippen molar-refractivity contribution >= 4 is 11.9 Å². The van der Waals surface area contributed by atoms with Crippen molar-refractivity contribution in [3.05, 3.63) is 12.2 Å². The van der Waals surface area contributed by atoms with E-state index in [1.54, 1.807) is 6.92 Å². The maximum Gasteiger partial charge on any atom is 0.335 e. The van der Waals surface area contributed by atoms with E-state index in [0.717, 1.165) is 44.9 Å². The Morgan fingerprint density at radius 1 is 0.857 bits per heavy atom. The first kappa shape index (κ1) is 26.6. The Morgan fingerprint density at radius 2 is 1.50 bits per heavy atom. The lowest BCUT2D eigenvalue weighted by molar-refractivity contribution is -0.155. The standard InChI is InChI=1S/C23H42O5/c1-4-7-8-9-11-14-17-20(22(25)23(26)28-6-3)18-15-12-10-13-16-19-21(24)27-5-2/h15,18,20,22,25H,4-14,16-17,19H2,1-3H3/b18-15+. The van der Waals surface area contributed by atoms with Crippen LogP contribution in [-0.2, 0) is 19.1 Å². The first-order chi connectivity index (χ1) is 13.6. The van der Waals surface area contributed by atoms with Crippen molar-refractivity contribution in [3.8, 4) is 0 Å². The number of hydrogen-bond donors (Lipinski definition) is 1. The van der Waals surface area contributed by atoms with E-state index in [4.69, 9.17) is 9.47 Å². The lowest BCUT2D eigenvalue weighted by atomic mass is 9.93. The summed E-state index contributed by atoms with van der Waals surface area (Å²) in [6.45, 7) is 6.48. The van der Waals surface area contributed by atoms with Gasteiger partial charge in [-0.05, 0) is 39.5 Å². The average molecular weight is 399 g/mol. The predicted octanol–water partition coefficient (Wildman–Crippen LogP) is 5.35. The van der Waals surface area contributed by atoms with Gasteiger partial charge < -0.3 is 14.6 Å². The molecular weight excluding hydrogens is 356 g/mol. The number of aliphatic hydroxyl groups excluding tert-OH is 1. The number of aliphatic hydroxyl groups is 1. The van der Waals surface area contributed by atoms with Gasteiger partial charge in [-0.25, -0.2) is 4.79 Å². The van der Waals surface area contributed by atoms with Crippen LogP contribution in [0.5, 0.6) is 0 Å². The van der Waals surface area contributed by atoms with Gasteiger partial charge in [0, 0.05) is 12.3 Å². The predicted molar refractivity (Wildman–Crippen MR) is 113 cm³/mol. The lowest BCUT2D eigenvalue weighted by Gasteiger charge is -2.18. The van der Waals surface area contributed by atoms with E-state index in [1.807, 2.05) is 13.0 Å². The first-order valence-corrected chi connectivity index (χ1v) is 11.2. The van der Waals surface area contributed by atoms with Crippen molar-refractivity contribution in [1.29, 1.82) is 0 Å². The maximum absolute atomic E-state index is 11.9. The van der Waals surface area contributed by atoms with Gasteiger partial charge in [0.2, 0.25) is 0 Å². The van der Waals surface area contributed by atoms with Crippen molar-refractivity contribution in [2.75, 3.05) is 13.2 Å². The van der Waals surface area contributed by atoms with E-state index < -0.39 is 12.1 Å². The van der Waals surface area contributed by atoms with Gasteiger partial charge in [-0.2, -0.15) is 0 Å². The van der Waals surface area contributed by atoms with E-state index >= 15 is 0 Å². The molecule has 0 aliphatic carbocycles. The van der Waals surface area contributed by atoms with Crippen molar-refractivity contribution < 1.29 is 24.2 Å². The molecule has 2 unspecified atom stereocenters. The number of hydrogen-bond acceptors (Lipinski definition) is 5. The van der Waals surface area contributed by atoms with Crippen molar-refractivity contribution in [3.63, 3.8) is 0 Å². The van der Waals surface area contributed by atoms with Crippen LogP contribution in [0, 0.1) is 5.92 Å². The fourth-order valence-electron chi connectivity index (χ4n) is 3.13. The number of ether oxygens (including phenoxy) is 2. The monoisotopic (exact) mass is 398 g/mol. The molecule has 0 fully saturated rings. The van der Waals surface area contributed by atoms with Crippen molar-refractivity contribution in [2.24, 2.45) is 5.92 Å². The fourth-order valence-corrected chi connectivity index (χ4v) is 3.13. The van der Waals surface area contributed by atoms with Gasteiger partial charge in [-0.3, -0.25) is 4.79 Å². The molecule has 0 bridgehead atoms. The molecule has 0 saturated heterocycles. The Bertz CT molecular complexity index is 419. The summed E-state index contributed by atoms with van der Waals surface area (Å²) in [6, 6.07) is 0. The minimum Gasteiger partial charge on any atom is -0.466 e. The summed E-state index contributed by atoms with van der Waals surface area (Å²) in [5.41, 5.74) is 0. The third-order valence-corrected chi connectivity index (χ3v) is 4.76. The van der Waals surface area contributed by atoms with Gasteiger partial charge in [0.1, 0.15) is 0 Å². The maximum atomic E-state index is 11.9. The molecule has 0 heterocycles. The summed E-state index contributed by atoms with van der Waals surface area (Å²) in [6.07, 6.45) is 15.0. The Balaban J connectivity index is 4.25. The molecule has 0 saturated carbocycles. The molecule has 164 valence electrons. The van der Waals surface area contributed by atoms with Gasteiger partial charge in [0.05, 0.1) is 13.2 Å². The average Bonchev–Trinajstić information content (AvgIpc) is 2.68. The van der Waals surface area contributed by atoms with Crippen LogP contribution in [0.1, 0.15) is 97.8 Å². The van der Waals surface area contributed by atoms with E-state index in [2.05, 4.69) is 13.0 Å². The normalized spacial score (nSPS) is 13.4. The number of carbonyl (C=O) groups is 2. The van der Waals surface area contributed by atoms with Crippen LogP contribution in [0.4, 0.5) is 0 Å². The van der Waals surface area contributed by atoms with Gasteiger partial charge in [-0.15, -0.1) is 0 Å². The van der Waals surface area contributed by atoms with Crippen LogP contribution in [-0.4, -0.2) is 36.4 Å². The van der Waals surface area contributed by atoms with Crippen LogP contribution in [0.2, 0.25) is 0 Å². The van der Waals surface area contributed by atoms with Crippen LogP contribution >= 0.6 is 0 Å². The van der Waals surface area contributed by atoms with E-state index in [9.17, 15) is 14.7 Å². The summed E-state index contributed by atoms with van der Waals surface area (Å²) in [5, 5.41) is 10.3.